The largest absolute Gasteiger partial charge is 0.322 e. The van der Waals surface area contributed by atoms with Crippen molar-refractivity contribution in [3.63, 3.8) is 0 Å². The van der Waals surface area contributed by atoms with Crippen LogP contribution < -0.4 is 5.32 Å². The second-order valence-electron chi connectivity index (χ2n) is 5.72. The number of carbonyl (C=O) groups is 1. The molecule has 6 heteroatoms. The van der Waals surface area contributed by atoms with Gasteiger partial charge in [0, 0.05) is 12.4 Å². The molecule has 0 aliphatic heterocycles. The number of imidazole rings is 1. The molecular formula is C16H19FN4O. The Hall–Kier alpha value is -2.24. The molecule has 116 valence electrons. The SMILES string of the molecule is O=C(Nc1ccc(-n2ccnc2)nc1)C(F)CC1CCCC1. The second kappa shape index (κ2) is 6.68. The van der Waals surface area contributed by atoms with Crippen molar-refractivity contribution in [1.82, 2.24) is 14.5 Å². The minimum Gasteiger partial charge on any atom is -0.322 e. The van der Waals surface area contributed by atoms with Crippen LogP contribution in [0.3, 0.4) is 0 Å². The zero-order chi connectivity index (χ0) is 15.4. The summed E-state index contributed by atoms with van der Waals surface area (Å²) in [5, 5.41) is 2.59. The van der Waals surface area contributed by atoms with E-state index in [0.717, 1.165) is 25.7 Å². The number of hydrogen-bond donors (Lipinski definition) is 1. The fraction of sp³-hybridized carbons (Fsp3) is 0.438. The molecule has 1 unspecified atom stereocenters. The van der Waals surface area contributed by atoms with E-state index in [4.69, 9.17) is 0 Å². The van der Waals surface area contributed by atoms with E-state index in [2.05, 4.69) is 15.3 Å². The van der Waals surface area contributed by atoms with Crippen molar-refractivity contribution in [3.8, 4) is 5.82 Å². The van der Waals surface area contributed by atoms with Crippen molar-refractivity contribution in [2.75, 3.05) is 5.32 Å². The maximum absolute atomic E-state index is 14.0. The molecule has 3 rings (SSSR count). The second-order valence-corrected chi connectivity index (χ2v) is 5.72. The Kier molecular flexibility index (Phi) is 4.46. The van der Waals surface area contributed by atoms with Gasteiger partial charge in [-0.15, -0.1) is 0 Å². The molecule has 1 N–H and O–H groups in total. The number of nitrogens with one attached hydrogen (secondary N) is 1. The molecule has 0 spiro atoms. The highest BCUT2D eigenvalue weighted by molar-refractivity contribution is 5.93. The van der Waals surface area contributed by atoms with Gasteiger partial charge in [0.05, 0.1) is 11.9 Å². The Bertz CT molecular complexity index is 606. The maximum Gasteiger partial charge on any atom is 0.258 e. The van der Waals surface area contributed by atoms with Crippen molar-refractivity contribution < 1.29 is 9.18 Å². The Labute approximate surface area is 128 Å². The van der Waals surface area contributed by atoms with E-state index in [-0.39, 0.29) is 0 Å². The van der Waals surface area contributed by atoms with E-state index in [0.29, 0.717) is 23.8 Å². The summed E-state index contributed by atoms with van der Waals surface area (Å²) in [6.07, 6.45) is 9.85. The first-order valence-corrected chi connectivity index (χ1v) is 7.61. The van der Waals surface area contributed by atoms with Gasteiger partial charge >= 0.3 is 0 Å². The fourth-order valence-corrected chi connectivity index (χ4v) is 2.87. The van der Waals surface area contributed by atoms with Crippen LogP contribution in [-0.4, -0.2) is 26.6 Å². The van der Waals surface area contributed by atoms with E-state index in [1.807, 2.05) is 0 Å². The van der Waals surface area contributed by atoms with Crippen LogP contribution in [0.1, 0.15) is 32.1 Å². The van der Waals surface area contributed by atoms with Crippen LogP contribution in [0, 0.1) is 5.92 Å². The lowest BCUT2D eigenvalue weighted by Crippen LogP contribution is -2.26. The summed E-state index contributed by atoms with van der Waals surface area (Å²) in [6, 6.07) is 3.46. The number of aromatic nitrogens is 3. The van der Waals surface area contributed by atoms with Crippen LogP contribution in [0.25, 0.3) is 5.82 Å². The number of halogens is 1. The zero-order valence-corrected chi connectivity index (χ0v) is 12.3. The van der Waals surface area contributed by atoms with Crippen molar-refractivity contribution >= 4 is 11.6 Å². The molecule has 1 aliphatic rings. The molecule has 0 aromatic carbocycles. The summed E-state index contributed by atoms with van der Waals surface area (Å²) in [5.41, 5.74) is 0.503. The van der Waals surface area contributed by atoms with Crippen LogP contribution in [0.4, 0.5) is 10.1 Å². The van der Waals surface area contributed by atoms with E-state index in [1.165, 1.54) is 6.20 Å². The predicted molar refractivity (Wildman–Crippen MR) is 81.5 cm³/mol. The van der Waals surface area contributed by atoms with Gasteiger partial charge in [-0.05, 0) is 24.5 Å². The quantitative estimate of drug-likeness (QED) is 0.923. The van der Waals surface area contributed by atoms with Gasteiger partial charge in [0.1, 0.15) is 12.1 Å². The van der Waals surface area contributed by atoms with Gasteiger partial charge < -0.3 is 5.32 Å². The molecule has 2 heterocycles. The number of pyridine rings is 1. The summed E-state index contributed by atoms with van der Waals surface area (Å²) >= 11 is 0. The van der Waals surface area contributed by atoms with Crippen LogP contribution in [-0.2, 0) is 4.79 Å². The Morgan fingerprint density at radius 1 is 1.41 bits per heavy atom. The molecule has 1 saturated carbocycles. The molecule has 22 heavy (non-hydrogen) atoms. The third-order valence-corrected chi connectivity index (χ3v) is 4.08. The number of anilines is 1. The average molecular weight is 302 g/mol. The van der Waals surface area contributed by atoms with Gasteiger partial charge in [-0.3, -0.25) is 9.36 Å². The highest BCUT2D eigenvalue weighted by atomic mass is 19.1. The minimum atomic E-state index is -1.45. The number of nitrogens with zero attached hydrogens (tertiary/aromatic N) is 3. The normalized spacial score (nSPS) is 16.6. The molecule has 2 aromatic heterocycles. The monoisotopic (exact) mass is 302 g/mol. The van der Waals surface area contributed by atoms with E-state index >= 15 is 0 Å². The molecule has 1 aliphatic carbocycles. The molecule has 2 aromatic rings. The van der Waals surface area contributed by atoms with Gasteiger partial charge in [-0.2, -0.15) is 0 Å². The lowest BCUT2D eigenvalue weighted by molar-refractivity contribution is -0.121. The van der Waals surface area contributed by atoms with Gasteiger partial charge in [-0.1, -0.05) is 25.7 Å². The van der Waals surface area contributed by atoms with Gasteiger partial charge in [0.2, 0.25) is 0 Å². The van der Waals surface area contributed by atoms with E-state index in [9.17, 15) is 9.18 Å². The number of hydrogen-bond acceptors (Lipinski definition) is 3. The molecule has 1 atom stereocenters. The highest BCUT2D eigenvalue weighted by Gasteiger charge is 2.24. The molecule has 1 amide bonds. The Balaban J connectivity index is 1.56. The molecule has 0 bridgehead atoms. The standard InChI is InChI=1S/C16H19FN4O/c17-14(9-12-3-1-2-4-12)16(22)20-13-5-6-15(19-10-13)21-8-7-18-11-21/h5-8,10-12,14H,1-4,9H2,(H,20,22). The molecular weight excluding hydrogens is 283 g/mol. The molecule has 0 saturated heterocycles. The van der Waals surface area contributed by atoms with Crippen molar-refractivity contribution in [1.29, 1.82) is 0 Å². The van der Waals surface area contributed by atoms with Crippen molar-refractivity contribution in [2.45, 2.75) is 38.3 Å². The first-order chi connectivity index (χ1) is 10.7. The van der Waals surface area contributed by atoms with Gasteiger partial charge in [-0.25, -0.2) is 14.4 Å². The van der Waals surface area contributed by atoms with Crippen molar-refractivity contribution in [3.05, 3.63) is 37.1 Å². The number of rotatable bonds is 5. The Morgan fingerprint density at radius 3 is 2.86 bits per heavy atom. The van der Waals surface area contributed by atoms with E-state index < -0.39 is 12.1 Å². The first kappa shape index (κ1) is 14.7. The topological polar surface area (TPSA) is 59.8 Å². The number of alkyl halides is 1. The third-order valence-electron chi connectivity index (χ3n) is 4.08. The number of amides is 1. The maximum atomic E-state index is 14.0. The van der Waals surface area contributed by atoms with Gasteiger partial charge in [0.25, 0.3) is 5.91 Å². The summed E-state index contributed by atoms with van der Waals surface area (Å²) in [5.74, 6) is 0.463. The van der Waals surface area contributed by atoms with Gasteiger partial charge in [0.15, 0.2) is 6.17 Å². The summed E-state index contributed by atoms with van der Waals surface area (Å²) in [7, 11) is 0. The predicted octanol–water partition coefficient (Wildman–Crippen LogP) is 3.12. The first-order valence-electron chi connectivity index (χ1n) is 7.61. The van der Waals surface area contributed by atoms with Crippen LogP contribution in [0.15, 0.2) is 37.1 Å². The lowest BCUT2D eigenvalue weighted by atomic mass is 10.0. The summed E-state index contributed by atoms with van der Waals surface area (Å²) in [4.78, 5) is 20.1. The smallest absolute Gasteiger partial charge is 0.258 e. The Morgan fingerprint density at radius 2 is 2.23 bits per heavy atom. The minimum absolute atomic E-state index is 0.326. The van der Waals surface area contributed by atoms with Crippen LogP contribution in [0.5, 0.6) is 0 Å². The molecule has 5 nitrogen and oxygen atoms in total. The lowest BCUT2D eigenvalue weighted by Gasteiger charge is -2.13. The van der Waals surface area contributed by atoms with E-state index in [1.54, 1.807) is 35.4 Å². The summed E-state index contributed by atoms with van der Waals surface area (Å²) < 4.78 is 15.7. The fourth-order valence-electron chi connectivity index (χ4n) is 2.87. The molecule has 1 fully saturated rings. The zero-order valence-electron chi connectivity index (χ0n) is 12.3. The molecule has 0 radical (unpaired) electrons. The summed E-state index contributed by atoms with van der Waals surface area (Å²) in [6.45, 7) is 0. The van der Waals surface area contributed by atoms with Crippen LogP contribution >= 0.6 is 0 Å². The van der Waals surface area contributed by atoms with Crippen molar-refractivity contribution in [2.24, 2.45) is 5.92 Å². The third kappa shape index (κ3) is 3.50. The van der Waals surface area contributed by atoms with Crippen LogP contribution in [0.2, 0.25) is 0 Å². The average Bonchev–Trinajstić information content (AvgIpc) is 3.21. The number of carbonyl (C=O) groups excluding carboxylic acids is 1. The highest BCUT2D eigenvalue weighted by Crippen LogP contribution is 2.29.